The van der Waals surface area contributed by atoms with Crippen molar-refractivity contribution in [1.29, 1.82) is 0 Å². The van der Waals surface area contributed by atoms with Gasteiger partial charge >= 0.3 is 0 Å². The molecule has 1 atom stereocenters. The smallest absolute Gasteiger partial charge is 0.271 e. The summed E-state index contributed by atoms with van der Waals surface area (Å²) in [6.45, 7) is 6.51. The third-order valence-corrected chi connectivity index (χ3v) is 8.92. The molecule has 0 radical (unpaired) electrons. The van der Waals surface area contributed by atoms with Gasteiger partial charge in [0.1, 0.15) is 6.61 Å². The van der Waals surface area contributed by atoms with Crippen LogP contribution in [0.15, 0.2) is 124 Å². The molecule has 46 heavy (non-hydrogen) atoms. The first-order valence-corrected chi connectivity index (χ1v) is 16.0. The van der Waals surface area contributed by atoms with Gasteiger partial charge in [0, 0.05) is 5.69 Å². The molecular weight excluding hydrogens is 595 g/mol. The highest BCUT2D eigenvalue weighted by atomic mass is 32.1. The fourth-order valence-corrected chi connectivity index (χ4v) is 6.54. The molecule has 6 rings (SSSR count). The number of carbonyl (C=O) groups excluding carboxylic acids is 1. The summed E-state index contributed by atoms with van der Waals surface area (Å²) in [5, 5.41) is 3.00. The van der Waals surface area contributed by atoms with E-state index in [1.165, 1.54) is 16.9 Å². The molecule has 2 heterocycles. The minimum Gasteiger partial charge on any atom is -0.493 e. The average Bonchev–Trinajstić information content (AvgIpc) is 3.37. The van der Waals surface area contributed by atoms with Gasteiger partial charge < -0.3 is 14.8 Å². The third kappa shape index (κ3) is 6.43. The molecule has 0 fully saturated rings. The number of anilines is 1. The van der Waals surface area contributed by atoms with Crippen molar-refractivity contribution < 1.29 is 14.3 Å². The number of carbonyl (C=O) groups is 1. The Hall–Kier alpha value is -5.21. The summed E-state index contributed by atoms with van der Waals surface area (Å²) in [5.74, 6) is 1.23. The molecule has 0 bridgehead atoms. The summed E-state index contributed by atoms with van der Waals surface area (Å²) in [6.07, 6.45) is 1.83. The van der Waals surface area contributed by atoms with E-state index in [1.54, 1.807) is 11.7 Å². The fraction of sp³-hybridized carbons (Fsp3) is 0.184. The number of para-hydroxylation sites is 1. The lowest BCUT2D eigenvalue weighted by molar-refractivity contribution is -0.113. The predicted molar refractivity (Wildman–Crippen MR) is 183 cm³/mol. The second-order valence-corrected chi connectivity index (χ2v) is 12.4. The van der Waals surface area contributed by atoms with Crippen LogP contribution in [0.4, 0.5) is 5.69 Å². The molecule has 7 nitrogen and oxygen atoms in total. The number of benzene rings is 4. The lowest BCUT2D eigenvalue weighted by Crippen LogP contribution is -2.40. The number of rotatable bonds is 9. The SMILES string of the molecule is COc1cc(/C=c2\sc3n(c2=O)C(c2ccc(C(C)C)cc2)C(C(=O)Nc2ccccc2)=C(C)N=3)ccc1OCc1ccccc1. The summed E-state index contributed by atoms with van der Waals surface area (Å²) >= 11 is 1.30. The minimum absolute atomic E-state index is 0.220. The highest BCUT2D eigenvalue weighted by Crippen LogP contribution is 2.32. The molecular formula is C38H35N3O4S. The zero-order chi connectivity index (χ0) is 32.2. The van der Waals surface area contributed by atoms with Crippen molar-refractivity contribution in [3.8, 4) is 11.5 Å². The molecule has 0 spiro atoms. The van der Waals surface area contributed by atoms with Crippen LogP contribution >= 0.6 is 11.3 Å². The maximum absolute atomic E-state index is 14.2. The number of allylic oxidation sites excluding steroid dienone is 1. The molecule has 0 saturated carbocycles. The van der Waals surface area contributed by atoms with Crippen LogP contribution in [0.5, 0.6) is 11.5 Å². The summed E-state index contributed by atoms with van der Waals surface area (Å²) < 4.78 is 13.8. The zero-order valence-electron chi connectivity index (χ0n) is 26.2. The Morgan fingerprint density at radius 3 is 2.33 bits per heavy atom. The molecule has 1 N–H and O–H groups in total. The van der Waals surface area contributed by atoms with Crippen molar-refractivity contribution in [3.63, 3.8) is 0 Å². The maximum Gasteiger partial charge on any atom is 0.271 e. The largest absolute Gasteiger partial charge is 0.493 e. The van der Waals surface area contributed by atoms with Crippen molar-refractivity contribution in [2.75, 3.05) is 12.4 Å². The number of aromatic nitrogens is 1. The van der Waals surface area contributed by atoms with E-state index in [0.717, 1.165) is 16.7 Å². The molecule has 1 amide bonds. The normalized spacial score (nSPS) is 14.5. The summed E-state index contributed by atoms with van der Waals surface area (Å²) in [5.41, 5.74) is 5.30. The van der Waals surface area contributed by atoms with Crippen molar-refractivity contribution in [2.24, 2.45) is 4.99 Å². The van der Waals surface area contributed by atoms with Gasteiger partial charge in [-0.3, -0.25) is 14.2 Å². The number of thiazole rings is 1. The molecule has 1 aliphatic rings. The number of amides is 1. The monoisotopic (exact) mass is 629 g/mol. The molecule has 4 aromatic carbocycles. The van der Waals surface area contributed by atoms with E-state index in [-0.39, 0.29) is 11.5 Å². The number of ether oxygens (including phenoxy) is 2. The standard InChI is InChI=1S/C38H35N3O4S/c1-24(2)28-16-18-29(19-17-28)35-34(36(42)40-30-13-9-6-10-14-30)25(3)39-38-41(35)37(43)33(46-38)22-27-15-20-31(32(21-27)44-4)45-23-26-11-7-5-8-12-26/h5-22,24,35H,23H2,1-4H3,(H,40,42)/b33-22-. The zero-order valence-corrected chi connectivity index (χ0v) is 27.0. The van der Waals surface area contributed by atoms with Gasteiger partial charge in [0.25, 0.3) is 11.5 Å². The van der Waals surface area contributed by atoms with Crippen LogP contribution in [0.1, 0.15) is 55.0 Å². The van der Waals surface area contributed by atoms with E-state index in [0.29, 0.717) is 50.3 Å². The Morgan fingerprint density at radius 2 is 1.65 bits per heavy atom. The van der Waals surface area contributed by atoms with E-state index in [1.807, 2.05) is 104 Å². The maximum atomic E-state index is 14.2. The Morgan fingerprint density at radius 1 is 0.957 bits per heavy atom. The topological polar surface area (TPSA) is 81.9 Å². The highest BCUT2D eigenvalue weighted by molar-refractivity contribution is 7.07. The summed E-state index contributed by atoms with van der Waals surface area (Å²) in [7, 11) is 1.59. The average molecular weight is 630 g/mol. The van der Waals surface area contributed by atoms with Gasteiger partial charge in [-0.1, -0.05) is 104 Å². The lowest BCUT2D eigenvalue weighted by Gasteiger charge is -2.25. The molecule has 232 valence electrons. The van der Waals surface area contributed by atoms with E-state index in [9.17, 15) is 9.59 Å². The first-order chi connectivity index (χ1) is 22.3. The predicted octanol–water partition coefficient (Wildman–Crippen LogP) is 6.58. The quantitative estimate of drug-likeness (QED) is 0.200. The first kappa shape index (κ1) is 30.8. The van der Waals surface area contributed by atoms with Gasteiger partial charge in [0.15, 0.2) is 16.3 Å². The van der Waals surface area contributed by atoms with Crippen molar-refractivity contribution >= 4 is 29.0 Å². The number of hydrogen-bond acceptors (Lipinski definition) is 6. The van der Waals surface area contributed by atoms with Crippen LogP contribution < -0.4 is 29.7 Å². The van der Waals surface area contributed by atoms with Crippen molar-refractivity contribution in [2.45, 2.75) is 39.3 Å². The van der Waals surface area contributed by atoms with Crippen molar-refractivity contribution in [3.05, 3.63) is 156 Å². The van der Waals surface area contributed by atoms with Crippen LogP contribution in [-0.2, 0) is 11.4 Å². The van der Waals surface area contributed by atoms with Gasteiger partial charge in [0.2, 0.25) is 0 Å². The number of methoxy groups -OCH3 is 1. The number of nitrogens with zero attached hydrogens (tertiary/aromatic N) is 2. The third-order valence-electron chi connectivity index (χ3n) is 7.94. The van der Waals surface area contributed by atoms with Gasteiger partial charge in [-0.05, 0) is 65.4 Å². The van der Waals surface area contributed by atoms with Crippen LogP contribution in [0, 0.1) is 0 Å². The molecule has 0 aliphatic carbocycles. The first-order valence-electron chi connectivity index (χ1n) is 15.2. The molecule has 8 heteroatoms. The second-order valence-electron chi connectivity index (χ2n) is 11.4. The highest BCUT2D eigenvalue weighted by Gasteiger charge is 2.32. The van der Waals surface area contributed by atoms with Gasteiger partial charge in [-0.15, -0.1) is 0 Å². The molecule has 0 saturated heterocycles. The number of fused-ring (bicyclic) bond motifs is 1. The molecule has 5 aromatic rings. The van der Waals surface area contributed by atoms with E-state index in [2.05, 4.69) is 31.3 Å². The fourth-order valence-electron chi connectivity index (χ4n) is 5.49. The van der Waals surface area contributed by atoms with Gasteiger partial charge in [-0.2, -0.15) is 0 Å². The summed E-state index contributed by atoms with van der Waals surface area (Å²) in [4.78, 5) is 33.3. The van der Waals surface area contributed by atoms with Crippen LogP contribution in [0.3, 0.4) is 0 Å². The molecule has 1 aromatic heterocycles. The Balaban J connectivity index is 1.40. The number of hydrogen-bond donors (Lipinski definition) is 1. The van der Waals surface area contributed by atoms with Gasteiger partial charge in [-0.25, -0.2) is 4.99 Å². The Labute approximate surface area is 271 Å². The molecule has 1 unspecified atom stereocenters. The Bertz CT molecular complexity index is 2080. The van der Waals surface area contributed by atoms with Gasteiger partial charge in [0.05, 0.1) is 29.0 Å². The van der Waals surface area contributed by atoms with E-state index >= 15 is 0 Å². The van der Waals surface area contributed by atoms with Crippen LogP contribution in [0.2, 0.25) is 0 Å². The van der Waals surface area contributed by atoms with Crippen LogP contribution in [0.25, 0.3) is 6.08 Å². The minimum atomic E-state index is -0.647. The van der Waals surface area contributed by atoms with Crippen molar-refractivity contribution in [1.82, 2.24) is 4.57 Å². The van der Waals surface area contributed by atoms with E-state index < -0.39 is 6.04 Å². The second kappa shape index (κ2) is 13.4. The summed E-state index contributed by atoms with van der Waals surface area (Å²) in [6, 6.07) is 32.3. The molecule has 1 aliphatic heterocycles. The van der Waals surface area contributed by atoms with Crippen LogP contribution in [-0.4, -0.2) is 17.6 Å². The van der Waals surface area contributed by atoms with E-state index in [4.69, 9.17) is 14.5 Å². The number of nitrogens with one attached hydrogen (secondary N) is 1. The Kier molecular flexibility index (Phi) is 8.99. The lowest BCUT2D eigenvalue weighted by atomic mass is 9.93.